The van der Waals surface area contributed by atoms with Crippen LogP contribution in [0.1, 0.15) is 348 Å². The number of carbonyl (C=O) groups is 1. The van der Waals surface area contributed by atoms with Gasteiger partial charge in [-0.3, -0.25) is 4.79 Å². The first kappa shape index (κ1) is 93.2. The summed E-state index contributed by atoms with van der Waals surface area (Å²) in [5.41, 5.74) is 0. The Hall–Kier alpha value is -1.99. The fourth-order valence-electron chi connectivity index (χ4n) is 14.2. The quantitative estimate of drug-likeness (QED) is 0.0199. The number of hydrogen-bond acceptors (Lipinski definition) is 18. The summed E-state index contributed by atoms with van der Waals surface area (Å²) < 4.78 is 34.5. The van der Waals surface area contributed by atoms with Crippen molar-refractivity contribution in [1.29, 1.82) is 0 Å². The van der Waals surface area contributed by atoms with E-state index >= 15 is 0 Å². The lowest BCUT2D eigenvalue weighted by Gasteiger charge is -2.48. The van der Waals surface area contributed by atoms with Gasteiger partial charge in [-0.05, 0) is 57.8 Å². The molecule has 3 saturated heterocycles. The summed E-state index contributed by atoms with van der Waals surface area (Å²) in [6.45, 7) is 1.77. The number of carbonyl (C=O) groups excluding carboxylic acids is 1. The molecule has 3 fully saturated rings. The number of allylic oxidation sites excluding steroid dienone is 5. The Balaban J connectivity index is 1.38. The second-order valence-electron chi connectivity index (χ2n) is 29.9. The summed E-state index contributed by atoms with van der Waals surface area (Å²) in [7, 11) is 0. The van der Waals surface area contributed by atoms with Gasteiger partial charge in [-0.15, -0.1) is 0 Å². The number of aliphatic hydroxyl groups excluding tert-OH is 11. The largest absolute Gasteiger partial charge is 0.394 e. The predicted octanol–water partition coefficient (Wildman–Crippen LogP) is 14.3. The molecule has 0 aromatic rings. The molecule has 3 rings (SSSR count). The number of hydrogen-bond donors (Lipinski definition) is 12. The third-order valence-corrected chi connectivity index (χ3v) is 20.9. The Morgan fingerprint density at radius 3 is 0.990 bits per heavy atom. The van der Waals surface area contributed by atoms with E-state index < -0.39 is 124 Å². The van der Waals surface area contributed by atoms with Gasteiger partial charge >= 0.3 is 0 Å². The third-order valence-electron chi connectivity index (χ3n) is 20.9. The number of nitrogens with one attached hydrogen (secondary N) is 1. The van der Waals surface area contributed by atoms with Crippen molar-refractivity contribution in [3.05, 3.63) is 36.5 Å². The fraction of sp³-hybridized carbons (Fsp3) is 0.915. The van der Waals surface area contributed by atoms with Crippen molar-refractivity contribution in [2.45, 2.75) is 452 Å². The fourth-order valence-corrected chi connectivity index (χ4v) is 14.2. The maximum absolute atomic E-state index is 13.5. The molecule has 3 heterocycles. The smallest absolute Gasteiger partial charge is 0.220 e. The number of unbranched alkanes of at least 4 members (excludes halogenated alkanes) is 47. The molecule has 0 aromatic heterocycles. The Labute approximate surface area is 612 Å². The van der Waals surface area contributed by atoms with E-state index in [4.69, 9.17) is 28.4 Å². The lowest BCUT2D eigenvalue weighted by molar-refractivity contribution is -0.379. The first-order valence-electron chi connectivity index (χ1n) is 41.7. The Morgan fingerprint density at radius 1 is 0.347 bits per heavy atom. The van der Waals surface area contributed by atoms with Gasteiger partial charge in [0.25, 0.3) is 0 Å². The Bertz CT molecular complexity index is 1960. The highest BCUT2D eigenvalue weighted by atomic mass is 16.8. The minimum absolute atomic E-state index is 0.238. The zero-order valence-corrected chi connectivity index (χ0v) is 63.7. The molecule has 0 spiro atoms. The van der Waals surface area contributed by atoms with Gasteiger partial charge in [0.2, 0.25) is 5.91 Å². The summed E-state index contributed by atoms with van der Waals surface area (Å²) in [5.74, 6) is -0.279. The van der Waals surface area contributed by atoms with E-state index in [9.17, 15) is 61.0 Å². The number of rotatable bonds is 67. The maximum atomic E-state index is 13.5. The number of amides is 1. The van der Waals surface area contributed by atoms with E-state index in [0.717, 1.165) is 38.5 Å². The Kier molecular flexibility index (Phi) is 58.1. The van der Waals surface area contributed by atoms with E-state index in [1.165, 1.54) is 276 Å². The molecule has 3 aliphatic heterocycles. The van der Waals surface area contributed by atoms with Crippen LogP contribution in [0, 0.1) is 0 Å². The van der Waals surface area contributed by atoms with Gasteiger partial charge in [-0.1, -0.05) is 320 Å². The minimum atomic E-state index is -1.98. The lowest BCUT2D eigenvalue weighted by Crippen LogP contribution is -2.66. The van der Waals surface area contributed by atoms with Crippen LogP contribution >= 0.6 is 0 Å². The van der Waals surface area contributed by atoms with Crippen LogP contribution in [-0.4, -0.2) is 193 Å². The van der Waals surface area contributed by atoms with Crippen LogP contribution in [-0.2, 0) is 33.2 Å². The first-order valence-corrected chi connectivity index (χ1v) is 41.7. The second-order valence-corrected chi connectivity index (χ2v) is 29.9. The first-order chi connectivity index (χ1) is 49.3. The SMILES string of the molecule is CCCCCCCCCC/C=C\CCCCCCCCCCCCCCCCCC(=O)NC(COC1OC(CO)C(OC2OC(CO)C(OC3OC(CO)C(O)C(O)C3O)C(O)C2O)C(O)C1O)C(O)/C=C/CC/C=C/CCCCCCCCCCCCCCCCCCCCCCCCC. The van der Waals surface area contributed by atoms with Crippen molar-refractivity contribution >= 4 is 5.91 Å². The van der Waals surface area contributed by atoms with Gasteiger partial charge in [0.1, 0.15) is 73.2 Å². The maximum Gasteiger partial charge on any atom is 0.220 e. The van der Waals surface area contributed by atoms with E-state index in [-0.39, 0.29) is 18.9 Å². The van der Waals surface area contributed by atoms with E-state index in [0.29, 0.717) is 12.8 Å². The van der Waals surface area contributed by atoms with Gasteiger partial charge in [0.05, 0.1) is 38.6 Å². The van der Waals surface area contributed by atoms with Crippen LogP contribution in [0.3, 0.4) is 0 Å². The molecule has 12 N–H and O–H groups in total. The second kappa shape index (κ2) is 63.0. The molecule has 1 amide bonds. The molecular formula is C82H153NO18. The molecule has 0 saturated carbocycles. The monoisotopic (exact) mass is 1440 g/mol. The van der Waals surface area contributed by atoms with Crippen molar-refractivity contribution in [3.63, 3.8) is 0 Å². The predicted molar refractivity (Wildman–Crippen MR) is 402 cm³/mol. The standard InChI is InChI=1S/C82H153NO18/c1-3-5-7-9-11-13-15-17-19-21-23-25-27-29-31-32-34-35-37-39-41-43-45-47-49-51-53-55-57-59-66(87)65(83-70(88)60-58-56-54-52-50-48-46-44-42-40-38-36-33-30-28-26-24-22-20-18-16-14-12-10-8-6-4-2)64-96-80-76(94)73(91)78(68(62-85)98-80)101-82-77(95)74(92)79(69(63-86)99-82)100-81-75(93)72(90)71(89)67(61-84)97-81/h22,24,49,51,57,59,65-69,71-82,84-87,89-95H,3-21,23,25-48,50,52-56,58,60-64H2,1-2H3,(H,83,88)/b24-22-,51-49+,59-57+. The van der Waals surface area contributed by atoms with E-state index in [1.807, 2.05) is 6.08 Å². The van der Waals surface area contributed by atoms with Crippen molar-refractivity contribution in [1.82, 2.24) is 5.32 Å². The van der Waals surface area contributed by atoms with Crippen LogP contribution in [0.4, 0.5) is 0 Å². The molecule has 0 aromatic carbocycles. The lowest BCUT2D eigenvalue weighted by atomic mass is 9.96. The topological polar surface area (TPSA) is 307 Å². The Morgan fingerprint density at radius 2 is 0.634 bits per heavy atom. The van der Waals surface area contributed by atoms with Crippen molar-refractivity contribution in [2.75, 3.05) is 26.4 Å². The zero-order chi connectivity index (χ0) is 73.2. The van der Waals surface area contributed by atoms with Gasteiger partial charge in [-0.25, -0.2) is 0 Å². The normalized spacial score (nSPS) is 26.4. The molecular weight excluding hydrogens is 1290 g/mol. The average molecular weight is 1440 g/mol. The molecule has 17 unspecified atom stereocenters. The molecule has 3 aliphatic rings. The summed E-state index contributed by atoms with van der Waals surface area (Å²) in [5, 5.41) is 121. The van der Waals surface area contributed by atoms with Gasteiger partial charge in [0, 0.05) is 6.42 Å². The van der Waals surface area contributed by atoms with Crippen molar-refractivity contribution in [3.8, 4) is 0 Å². The minimum Gasteiger partial charge on any atom is -0.394 e. The summed E-state index contributed by atoms with van der Waals surface area (Å²) in [6.07, 6.45) is 51.4. The van der Waals surface area contributed by atoms with E-state index in [2.05, 4.69) is 43.5 Å². The molecule has 19 nitrogen and oxygen atoms in total. The van der Waals surface area contributed by atoms with E-state index in [1.54, 1.807) is 6.08 Å². The van der Waals surface area contributed by atoms with Crippen LogP contribution in [0.5, 0.6) is 0 Å². The number of ether oxygens (including phenoxy) is 6. The van der Waals surface area contributed by atoms with Crippen LogP contribution in [0.2, 0.25) is 0 Å². The van der Waals surface area contributed by atoms with Crippen LogP contribution in [0.15, 0.2) is 36.5 Å². The molecule has 101 heavy (non-hydrogen) atoms. The van der Waals surface area contributed by atoms with Gasteiger partial charge in [-0.2, -0.15) is 0 Å². The zero-order valence-electron chi connectivity index (χ0n) is 63.7. The summed E-state index contributed by atoms with van der Waals surface area (Å²) in [4.78, 5) is 13.5. The molecule has 17 atom stereocenters. The van der Waals surface area contributed by atoms with Crippen LogP contribution < -0.4 is 5.32 Å². The molecule has 19 heteroatoms. The average Bonchev–Trinajstić information content (AvgIpc) is 0.782. The van der Waals surface area contributed by atoms with Gasteiger partial charge < -0.3 is 89.9 Å². The van der Waals surface area contributed by atoms with Crippen molar-refractivity contribution in [2.24, 2.45) is 0 Å². The molecule has 0 radical (unpaired) electrons. The summed E-state index contributed by atoms with van der Waals surface area (Å²) >= 11 is 0. The molecule has 0 bridgehead atoms. The van der Waals surface area contributed by atoms with Crippen LogP contribution in [0.25, 0.3) is 0 Å². The molecule has 0 aliphatic carbocycles. The molecule has 594 valence electrons. The highest BCUT2D eigenvalue weighted by molar-refractivity contribution is 5.76. The summed E-state index contributed by atoms with van der Waals surface area (Å²) in [6, 6.07) is -0.991. The third kappa shape index (κ3) is 43.0. The number of aliphatic hydroxyl groups is 11. The van der Waals surface area contributed by atoms with Gasteiger partial charge in [0.15, 0.2) is 18.9 Å². The highest BCUT2D eigenvalue weighted by Gasteiger charge is 2.54. The van der Waals surface area contributed by atoms with Crippen molar-refractivity contribution < 1.29 is 89.4 Å². The highest BCUT2D eigenvalue weighted by Crippen LogP contribution is 2.33.